The highest BCUT2D eigenvalue weighted by molar-refractivity contribution is 5.80. The zero-order valence-corrected chi connectivity index (χ0v) is 12.4. The van der Waals surface area contributed by atoms with Gasteiger partial charge in [0.05, 0.1) is 0 Å². The molecule has 0 atom stereocenters. The Morgan fingerprint density at radius 2 is 1.74 bits per heavy atom. The molecule has 110 valence electrons. The fraction of sp³-hybridized carbons (Fsp3) is 0.857. The molecule has 5 nitrogen and oxygen atoms in total. The van der Waals surface area contributed by atoms with Crippen LogP contribution in [0, 0.1) is 5.92 Å². The summed E-state index contributed by atoms with van der Waals surface area (Å²) in [5.74, 6) is -0.229. The molecule has 0 aromatic heterocycles. The number of carbonyl (C=O) groups is 2. The van der Waals surface area contributed by atoms with Crippen molar-refractivity contribution in [2.24, 2.45) is 5.92 Å². The first-order valence-corrected chi connectivity index (χ1v) is 7.08. The van der Waals surface area contributed by atoms with Crippen LogP contribution in [0.4, 0.5) is 4.79 Å². The first-order chi connectivity index (χ1) is 8.82. The highest BCUT2D eigenvalue weighted by atomic mass is 16.4. The Bertz CT molecular complexity index is 323. The lowest BCUT2D eigenvalue weighted by atomic mass is 9.87. The van der Waals surface area contributed by atoms with Crippen molar-refractivity contribution in [3.63, 3.8) is 0 Å². The van der Waals surface area contributed by atoms with E-state index >= 15 is 0 Å². The molecule has 0 saturated heterocycles. The Kier molecular flexibility index (Phi) is 5.63. The highest BCUT2D eigenvalue weighted by Crippen LogP contribution is 2.27. The van der Waals surface area contributed by atoms with Crippen LogP contribution in [-0.4, -0.2) is 52.6 Å². The van der Waals surface area contributed by atoms with Crippen LogP contribution in [0.1, 0.15) is 46.5 Å². The van der Waals surface area contributed by atoms with Crippen LogP contribution in [0.15, 0.2) is 0 Å². The SMILES string of the molecule is CC1CCC(N(C)C(=O)N(CC(=O)O)C(C)C)CC1. The Morgan fingerprint density at radius 1 is 1.21 bits per heavy atom. The number of rotatable bonds is 4. The summed E-state index contributed by atoms with van der Waals surface area (Å²) in [5, 5.41) is 8.90. The van der Waals surface area contributed by atoms with Crippen molar-refractivity contribution in [3.05, 3.63) is 0 Å². The Labute approximate surface area is 115 Å². The molecule has 0 unspecified atom stereocenters. The summed E-state index contributed by atoms with van der Waals surface area (Å²) in [4.78, 5) is 26.4. The predicted molar refractivity (Wildman–Crippen MR) is 74.1 cm³/mol. The van der Waals surface area contributed by atoms with Gasteiger partial charge < -0.3 is 14.9 Å². The fourth-order valence-electron chi connectivity index (χ4n) is 2.61. The van der Waals surface area contributed by atoms with E-state index in [9.17, 15) is 9.59 Å². The van der Waals surface area contributed by atoms with Gasteiger partial charge >= 0.3 is 12.0 Å². The lowest BCUT2D eigenvalue weighted by Gasteiger charge is -2.37. The summed E-state index contributed by atoms with van der Waals surface area (Å²) in [6.07, 6.45) is 4.32. The Balaban J connectivity index is 2.65. The Hall–Kier alpha value is -1.26. The van der Waals surface area contributed by atoms with Gasteiger partial charge in [0.25, 0.3) is 0 Å². The van der Waals surface area contributed by atoms with Crippen LogP contribution in [0.3, 0.4) is 0 Å². The van der Waals surface area contributed by atoms with Crippen LogP contribution in [0.25, 0.3) is 0 Å². The van der Waals surface area contributed by atoms with Crippen molar-refractivity contribution in [2.45, 2.75) is 58.5 Å². The second kappa shape index (κ2) is 6.78. The molecule has 1 aliphatic carbocycles. The largest absolute Gasteiger partial charge is 0.480 e. The number of aliphatic carboxylic acids is 1. The topological polar surface area (TPSA) is 60.9 Å². The second-order valence-corrected chi connectivity index (χ2v) is 5.92. The fourth-order valence-corrected chi connectivity index (χ4v) is 2.61. The van der Waals surface area contributed by atoms with Crippen molar-refractivity contribution in [1.29, 1.82) is 0 Å². The first kappa shape index (κ1) is 15.8. The van der Waals surface area contributed by atoms with E-state index in [1.54, 1.807) is 11.9 Å². The summed E-state index contributed by atoms with van der Waals surface area (Å²) >= 11 is 0. The van der Waals surface area contributed by atoms with Crippen LogP contribution < -0.4 is 0 Å². The van der Waals surface area contributed by atoms with E-state index in [2.05, 4.69) is 6.92 Å². The standard InChI is InChI=1S/C14H26N2O3/c1-10(2)16(9-13(17)18)14(19)15(4)12-7-5-11(3)6-8-12/h10-12H,5-9H2,1-4H3,(H,17,18). The van der Waals surface area contributed by atoms with E-state index in [1.807, 2.05) is 13.8 Å². The minimum atomic E-state index is -0.965. The second-order valence-electron chi connectivity index (χ2n) is 5.92. The third-order valence-electron chi connectivity index (χ3n) is 4.01. The zero-order valence-electron chi connectivity index (χ0n) is 12.4. The molecular formula is C14H26N2O3. The maximum atomic E-state index is 12.4. The van der Waals surface area contributed by atoms with Gasteiger partial charge in [0.1, 0.15) is 6.54 Å². The van der Waals surface area contributed by atoms with Gasteiger partial charge in [-0.25, -0.2) is 4.79 Å². The maximum Gasteiger partial charge on any atom is 0.323 e. The molecule has 1 fully saturated rings. The predicted octanol–water partition coefficient (Wildman–Crippen LogP) is 2.41. The molecule has 2 amide bonds. The monoisotopic (exact) mass is 270 g/mol. The summed E-state index contributed by atoms with van der Waals surface area (Å²) in [6.45, 7) is 5.70. The quantitative estimate of drug-likeness (QED) is 0.853. The van der Waals surface area contributed by atoms with Gasteiger partial charge in [-0.2, -0.15) is 0 Å². The smallest absolute Gasteiger partial charge is 0.323 e. The van der Waals surface area contributed by atoms with Crippen molar-refractivity contribution < 1.29 is 14.7 Å². The number of carboxylic acid groups (broad SMARTS) is 1. The zero-order chi connectivity index (χ0) is 14.6. The molecular weight excluding hydrogens is 244 g/mol. The van der Waals surface area contributed by atoms with Gasteiger partial charge in [-0.15, -0.1) is 0 Å². The molecule has 0 aliphatic heterocycles. The van der Waals surface area contributed by atoms with Gasteiger partial charge in [0.15, 0.2) is 0 Å². The first-order valence-electron chi connectivity index (χ1n) is 7.08. The summed E-state index contributed by atoms with van der Waals surface area (Å²) in [5.41, 5.74) is 0. The number of urea groups is 1. The molecule has 5 heteroatoms. The summed E-state index contributed by atoms with van der Waals surface area (Å²) < 4.78 is 0. The van der Waals surface area contributed by atoms with Crippen LogP contribution in [0.5, 0.6) is 0 Å². The number of nitrogens with zero attached hydrogens (tertiary/aromatic N) is 2. The molecule has 1 N–H and O–H groups in total. The van der Waals surface area contributed by atoms with E-state index in [0.29, 0.717) is 0 Å². The lowest BCUT2D eigenvalue weighted by Crippen LogP contribution is -2.50. The third kappa shape index (κ3) is 4.40. The van der Waals surface area contributed by atoms with Crippen molar-refractivity contribution >= 4 is 12.0 Å². The van der Waals surface area contributed by atoms with E-state index in [-0.39, 0.29) is 24.7 Å². The third-order valence-corrected chi connectivity index (χ3v) is 4.01. The number of hydrogen-bond donors (Lipinski definition) is 1. The molecule has 0 radical (unpaired) electrons. The minimum absolute atomic E-state index is 0.103. The van der Waals surface area contributed by atoms with Crippen molar-refractivity contribution in [1.82, 2.24) is 9.80 Å². The minimum Gasteiger partial charge on any atom is -0.480 e. The summed E-state index contributed by atoms with van der Waals surface area (Å²) in [7, 11) is 1.79. The number of hydrogen-bond acceptors (Lipinski definition) is 2. The molecule has 1 rings (SSSR count). The molecule has 1 aliphatic rings. The van der Waals surface area contributed by atoms with E-state index < -0.39 is 5.97 Å². The van der Waals surface area contributed by atoms with Crippen LogP contribution >= 0.6 is 0 Å². The van der Waals surface area contributed by atoms with Crippen LogP contribution in [-0.2, 0) is 4.79 Å². The maximum absolute atomic E-state index is 12.4. The average molecular weight is 270 g/mol. The summed E-state index contributed by atoms with van der Waals surface area (Å²) in [6, 6.07) is -0.0238. The molecule has 0 aromatic carbocycles. The van der Waals surface area contributed by atoms with E-state index in [4.69, 9.17) is 5.11 Å². The molecule has 0 aromatic rings. The number of carboxylic acids is 1. The number of carbonyl (C=O) groups excluding carboxylic acids is 1. The molecule has 0 heterocycles. The van der Waals surface area contributed by atoms with Gasteiger partial charge in [0, 0.05) is 19.1 Å². The van der Waals surface area contributed by atoms with Crippen LogP contribution in [0.2, 0.25) is 0 Å². The normalized spacial score (nSPS) is 23.2. The van der Waals surface area contributed by atoms with E-state index in [0.717, 1.165) is 31.6 Å². The van der Waals surface area contributed by atoms with Crippen molar-refractivity contribution in [3.8, 4) is 0 Å². The van der Waals surface area contributed by atoms with Crippen molar-refractivity contribution in [2.75, 3.05) is 13.6 Å². The Morgan fingerprint density at radius 3 is 2.16 bits per heavy atom. The average Bonchev–Trinajstić information content (AvgIpc) is 2.34. The van der Waals surface area contributed by atoms with E-state index in [1.165, 1.54) is 4.90 Å². The van der Waals surface area contributed by atoms with Gasteiger partial charge in [-0.05, 0) is 45.4 Å². The highest BCUT2D eigenvalue weighted by Gasteiger charge is 2.29. The molecule has 0 spiro atoms. The van der Waals surface area contributed by atoms with Gasteiger partial charge in [0.2, 0.25) is 0 Å². The van der Waals surface area contributed by atoms with Gasteiger partial charge in [-0.1, -0.05) is 6.92 Å². The molecule has 19 heavy (non-hydrogen) atoms. The number of amides is 2. The lowest BCUT2D eigenvalue weighted by molar-refractivity contribution is -0.138. The molecule has 0 bridgehead atoms. The van der Waals surface area contributed by atoms with Gasteiger partial charge in [-0.3, -0.25) is 4.79 Å². The molecule has 1 saturated carbocycles.